The van der Waals surface area contributed by atoms with Crippen LogP contribution in [0.25, 0.3) is 34.2 Å². The molecule has 4 aromatic rings. The molecule has 0 aliphatic carbocycles. The number of benzene rings is 2. The van der Waals surface area contributed by atoms with Gasteiger partial charge < -0.3 is 4.52 Å². The first-order valence-electron chi connectivity index (χ1n) is 8.67. The smallest absolute Gasteiger partial charge is 0.276 e. The van der Waals surface area contributed by atoms with Crippen LogP contribution in [0.3, 0.4) is 0 Å². The first-order valence-corrected chi connectivity index (χ1v) is 8.67. The molecule has 0 atom stereocenters. The summed E-state index contributed by atoms with van der Waals surface area (Å²) in [4.78, 5) is 4.48. The summed E-state index contributed by atoms with van der Waals surface area (Å²) >= 11 is 0. The summed E-state index contributed by atoms with van der Waals surface area (Å²) in [5.74, 6) is 1.51. The Bertz CT molecular complexity index is 1010. The average Bonchev–Trinajstić information content (AvgIpc) is 3.32. The summed E-state index contributed by atoms with van der Waals surface area (Å²) in [6, 6.07) is 18.4. The van der Waals surface area contributed by atoms with E-state index < -0.39 is 0 Å². The molecule has 5 heteroatoms. The molecule has 0 radical (unpaired) electrons. The quantitative estimate of drug-likeness (QED) is 0.551. The van der Waals surface area contributed by atoms with Crippen molar-refractivity contribution in [2.24, 2.45) is 0 Å². The molecule has 4 rings (SSSR count). The fraction of sp³-hybridized carbons (Fsp3) is 0.190. The van der Waals surface area contributed by atoms with Gasteiger partial charge in [0.2, 0.25) is 5.82 Å². The molecule has 2 aromatic carbocycles. The molecule has 1 N–H and O–H groups in total. The molecule has 0 fully saturated rings. The highest BCUT2D eigenvalue weighted by molar-refractivity contribution is 5.65. The van der Waals surface area contributed by atoms with Crippen molar-refractivity contribution >= 4 is 0 Å². The fourth-order valence-corrected chi connectivity index (χ4v) is 2.77. The lowest BCUT2D eigenvalue weighted by Gasteiger charge is -2.05. The standard InChI is InChI=1S/C21H20N4O/c1-13(2)15-8-10-16(11-9-15)18-12-19(24-23-18)21-22-20(25-26-21)17-6-4-14(3)5-7-17/h4-13H,1-3H3,(H,23,24). The molecule has 0 aliphatic heterocycles. The third kappa shape index (κ3) is 3.16. The predicted molar refractivity (Wildman–Crippen MR) is 102 cm³/mol. The number of H-pyrrole nitrogens is 1. The first-order chi connectivity index (χ1) is 12.6. The van der Waals surface area contributed by atoms with Crippen LogP contribution < -0.4 is 0 Å². The van der Waals surface area contributed by atoms with Gasteiger partial charge in [-0.2, -0.15) is 10.1 Å². The highest BCUT2D eigenvalue weighted by atomic mass is 16.5. The normalized spacial score (nSPS) is 11.2. The van der Waals surface area contributed by atoms with Crippen molar-refractivity contribution in [2.75, 3.05) is 0 Å². The Balaban J connectivity index is 1.59. The zero-order valence-corrected chi connectivity index (χ0v) is 15.0. The predicted octanol–water partition coefficient (Wildman–Crippen LogP) is 5.23. The van der Waals surface area contributed by atoms with Gasteiger partial charge in [0.15, 0.2) is 0 Å². The van der Waals surface area contributed by atoms with Crippen molar-refractivity contribution in [3.05, 3.63) is 65.7 Å². The van der Waals surface area contributed by atoms with Gasteiger partial charge in [-0.25, -0.2) is 0 Å². The molecule has 0 aliphatic rings. The van der Waals surface area contributed by atoms with Crippen molar-refractivity contribution in [3.63, 3.8) is 0 Å². The molecular weight excluding hydrogens is 324 g/mol. The minimum atomic E-state index is 0.429. The molecule has 26 heavy (non-hydrogen) atoms. The van der Waals surface area contributed by atoms with Gasteiger partial charge in [-0.3, -0.25) is 5.10 Å². The van der Waals surface area contributed by atoms with E-state index in [-0.39, 0.29) is 0 Å². The van der Waals surface area contributed by atoms with Crippen LogP contribution >= 0.6 is 0 Å². The summed E-state index contributed by atoms with van der Waals surface area (Å²) in [6.45, 7) is 6.41. The van der Waals surface area contributed by atoms with E-state index in [0.29, 0.717) is 23.3 Å². The van der Waals surface area contributed by atoms with E-state index in [1.54, 1.807) is 0 Å². The monoisotopic (exact) mass is 344 g/mol. The van der Waals surface area contributed by atoms with Crippen LogP contribution in [0.15, 0.2) is 59.1 Å². The van der Waals surface area contributed by atoms with Crippen LogP contribution in [0.2, 0.25) is 0 Å². The van der Waals surface area contributed by atoms with E-state index in [9.17, 15) is 0 Å². The van der Waals surface area contributed by atoms with Crippen molar-refractivity contribution in [3.8, 4) is 34.2 Å². The Morgan fingerprint density at radius 3 is 2.31 bits per heavy atom. The summed E-state index contributed by atoms with van der Waals surface area (Å²) < 4.78 is 5.40. The summed E-state index contributed by atoms with van der Waals surface area (Å²) in [7, 11) is 0. The fourth-order valence-electron chi connectivity index (χ4n) is 2.77. The third-order valence-corrected chi connectivity index (χ3v) is 4.42. The Morgan fingerprint density at radius 1 is 0.923 bits per heavy atom. The lowest BCUT2D eigenvalue weighted by molar-refractivity contribution is 0.431. The number of hydrogen-bond acceptors (Lipinski definition) is 4. The molecule has 0 unspecified atom stereocenters. The van der Waals surface area contributed by atoms with Gasteiger partial charge in [-0.05, 0) is 24.5 Å². The molecule has 0 saturated heterocycles. The minimum Gasteiger partial charge on any atom is -0.332 e. The molecule has 2 aromatic heterocycles. The van der Waals surface area contributed by atoms with Crippen LogP contribution in [0.4, 0.5) is 0 Å². The maximum atomic E-state index is 5.40. The highest BCUT2D eigenvalue weighted by Gasteiger charge is 2.14. The Labute approximate surface area is 152 Å². The van der Waals surface area contributed by atoms with Gasteiger partial charge in [-0.15, -0.1) is 0 Å². The van der Waals surface area contributed by atoms with Gasteiger partial charge in [0, 0.05) is 11.1 Å². The van der Waals surface area contributed by atoms with E-state index in [4.69, 9.17) is 4.52 Å². The number of aryl methyl sites for hydroxylation is 1. The van der Waals surface area contributed by atoms with E-state index in [2.05, 4.69) is 58.5 Å². The Morgan fingerprint density at radius 2 is 1.62 bits per heavy atom. The zero-order chi connectivity index (χ0) is 18.1. The average molecular weight is 344 g/mol. The van der Waals surface area contributed by atoms with Crippen LogP contribution in [-0.2, 0) is 0 Å². The minimum absolute atomic E-state index is 0.429. The molecular formula is C21H20N4O. The van der Waals surface area contributed by atoms with E-state index in [0.717, 1.165) is 16.8 Å². The van der Waals surface area contributed by atoms with E-state index in [1.165, 1.54) is 11.1 Å². The zero-order valence-electron chi connectivity index (χ0n) is 15.0. The summed E-state index contributed by atoms with van der Waals surface area (Å²) in [5, 5.41) is 11.4. The second-order valence-electron chi connectivity index (χ2n) is 6.73. The summed E-state index contributed by atoms with van der Waals surface area (Å²) in [5.41, 5.74) is 6.04. The van der Waals surface area contributed by atoms with Gasteiger partial charge in [0.1, 0.15) is 5.69 Å². The summed E-state index contributed by atoms with van der Waals surface area (Å²) in [6.07, 6.45) is 0. The van der Waals surface area contributed by atoms with E-state index >= 15 is 0 Å². The lowest BCUT2D eigenvalue weighted by atomic mass is 10.0. The van der Waals surface area contributed by atoms with Crippen molar-refractivity contribution in [2.45, 2.75) is 26.7 Å². The maximum Gasteiger partial charge on any atom is 0.276 e. The van der Waals surface area contributed by atoms with Gasteiger partial charge in [-0.1, -0.05) is 73.1 Å². The first kappa shape index (κ1) is 16.3. The number of nitrogens with zero attached hydrogens (tertiary/aromatic N) is 3. The lowest BCUT2D eigenvalue weighted by Crippen LogP contribution is -1.86. The molecule has 5 nitrogen and oxygen atoms in total. The van der Waals surface area contributed by atoms with Crippen LogP contribution in [-0.4, -0.2) is 20.3 Å². The van der Waals surface area contributed by atoms with Crippen LogP contribution in [0.5, 0.6) is 0 Å². The molecule has 0 amide bonds. The number of nitrogens with one attached hydrogen (secondary N) is 1. The molecule has 0 saturated carbocycles. The Hall–Kier alpha value is -3.21. The highest BCUT2D eigenvalue weighted by Crippen LogP contribution is 2.26. The number of aromatic amines is 1. The molecule has 0 spiro atoms. The number of aromatic nitrogens is 4. The second-order valence-corrected chi connectivity index (χ2v) is 6.73. The second kappa shape index (κ2) is 6.59. The SMILES string of the molecule is Cc1ccc(-c2noc(-c3cc(-c4ccc(C(C)C)cc4)n[nH]3)n2)cc1. The molecule has 2 heterocycles. The van der Waals surface area contributed by atoms with Crippen molar-refractivity contribution in [1.82, 2.24) is 20.3 Å². The topological polar surface area (TPSA) is 67.6 Å². The Kier molecular flexibility index (Phi) is 4.13. The third-order valence-electron chi connectivity index (χ3n) is 4.42. The van der Waals surface area contributed by atoms with Gasteiger partial charge in [0.25, 0.3) is 5.89 Å². The maximum absolute atomic E-state index is 5.40. The molecule has 0 bridgehead atoms. The van der Waals surface area contributed by atoms with Crippen LogP contribution in [0.1, 0.15) is 30.9 Å². The van der Waals surface area contributed by atoms with Crippen molar-refractivity contribution in [1.29, 1.82) is 0 Å². The van der Waals surface area contributed by atoms with Gasteiger partial charge >= 0.3 is 0 Å². The number of rotatable bonds is 4. The van der Waals surface area contributed by atoms with Crippen LogP contribution in [0, 0.1) is 6.92 Å². The van der Waals surface area contributed by atoms with E-state index in [1.807, 2.05) is 37.3 Å². The molecule has 130 valence electrons. The largest absolute Gasteiger partial charge is 0.332 e. The van der Waals surface area contributed by atoms with Gasteiger partial charge in [0.05, 0.1) is 5.69 Å². The van der Waals surface area contributed by atoms with Crippen molar-refractivity contribution < 1.29 is 4.52 Å². The number of hydrogen-bond donors (Lipinski definition) is 1.